The molecule has 29 heavy (non-hydrogen) atoms. The maximum atomic E-state index is 12.8. The summed E-state index contributed by atoms with van der Waals surface area (Å²) < 4.78 is 11.6. The highest BCUT2D eigenvalue weighted by Gasteiger charge is 2.41. The molecule has 2 N–H and O–H groups in total. The number of aromatic nitrogens is 2. The Labute approximate surface area is 172 Å². The molecule has 3 aromatic heterocycles. The molecule has 5 rings (SSSR count). The second-order valence-corrected chi connectivity index (χ2v) is 8.46. The molecule has 0 saturated carbocycles. The molecule has 0 atom stereocenters. The van der Waals surface area contributed by atoms with Crippen molar-refractivity contribution in [1.82, 2.24) is 20.8 Å². The van der Waals surface area contributed by atoms with Gasteiger partial charge in [-0.3, -0.25) is 9.78 Å². The summed E-state index contributed by atoms with van der Waals surface area (Å²) in [6.07, 6.45) is 6.22. The van der Waals surface area contributed by atoms with E-state index in [4.69, 9.17) is 9.26 Å². The number of hydrogen-bond donors (Lipinski definition) is 2. The molecule has 5 heterocycles. The van der Waals surface area contributed by atoms with E-state index in [-0.39, 0.29) is 11.5 Å². The number of thiophene rings is 1. The molecule has 7 nitrogen and oxygen atoms in total. The lowest BCUT2D eigenvalue weighted by atomic mass is 9.86. The average Bonchev–Trinajstić information content (AvgIpc) is 3.42. The van der Waals surface area contributed by atoms with Crippen molar-refractivity contribution in [3.63, 3.8) is 0 Å². The summed E-state index contributed by atoms with van der Waals surface area (Å²) in [7, 11) is 0. The standard InChI is InChI=1S/C21H22N4O3S/c26-20(24-13-16-11-17(25-28-16)15-2-1-6-23-12-15)18-10-14-3-9-27-21(19(14)29-18)4-7-22-8-5-21/h1-2,6,10-12,22H,3-5,7-9,13H2,(H,24,26). The molecule has 0 radical (unpaired) electrons. The Morgan fingerprint density at radius 2 is 2.21 bits per heavy atom. The highest BCUT2D eigenvalue weighted by Crippen LogP contribution is 2.44. The van der Waals surface area contributed by atoms with Crippen molar-refractivity contribution in [2.24, 2.45) is 0 Å². The monoisotopic (exact) mass is 410 g/mol. The Morgan fingerprint density at radius 3 is 3.03 bits per heavy atom. The van der Waals surface area contributed by atoms with Crippen LogP contribution in [0, 0.1) is 0 Å². The lowest BCUT2D eigenvalue weighted by Crippen LogP contribution is -2.43. The molecular weight excluding hydrogens is 388 g/mol. The Balaban J connectivity index is 1.28. The molecule has 150 valence electrons. The molecule has 3 aromatic rings. The molecule has 8 heteroatoms. The predicted molar refractivity (Wildman–Crippen MR) is 109 cm³/mol. The van der Waals surface area contributed by atoms with E-state index in [1.165, 1.54) is 10.4 Å². The number of amides is 1. The average molecular weight is 410 g/mol. The van der Waals surface area contributed by atoms with Crippen molar-refractivity contribution < 1.29 is 14.1 Å². The Hall–Kier alpha value is -2.55. The molecular formula is C21H22N4O3S. The summed E-state index contributed by atoms with van der Waals surface area (Å²) in [5, 5.41) is 10.4. The van der Waals surface area contributed by atoms with Gasteiger partial charge in [-0.2, -0.15) is 0 Å². The third-order valence-electron chi connectivity index (χ3n) is 5.55. The quantitative estimate of drug-likeness (QED) is 0.688. The number of carbonyl (C=O) groups excluding carboxylic acids is 1. The molecule has 1 saturated heterocycles. The van der Waals surface area contributed by atoms with Crippen LogP contribution in [-0.4, -0.2) is 35.7 Å². The predicted octanol–water partition coefficient (Wildman–Crippen LogP) is 2.88. The molecule has 1 amide bonds. The van der Waals surface area contributed by atoms with Crippen LogP contribution in [0.4, 0.5) is 0 Å². The van der Waals surface area contributed by atoms with Crippen LogP contribution in [0.15, 0.2) is 41.2 Å². The summed E-state index contributed by atoms with van der Waals surface area (Å²) in [5.41, 5.74) is 2.63. The van der Waals surface area contributed by atoms with Gasteiger partial charge in [0.2, 0.25) is 0 Å². The van der Waals surface area contributed by atoms with Crippen molar-refractivity contribution in [2.75, 3.05) is 19.7 Å². The summed E-state index contributed by atoms with van der Waals surface area (Å²) >= 11 is 1.57. The Bertz CT molecular complexity index is 1010. The highest BCUT2D eigenvalue weighted by atomic mass is 32.1. The summed E-state index contributed by atoms with van der Waals surface area (Å²) in [6.45, 7) is 2.91. The number of piperidine rings is 1. The maximum absolute atomic E-state index is 12.8. The van der Waals surface area contributed by atoms with Gasteiger partial charge in [-0.15, -0.1) is 11.3 Å². The minimum absolute atomic E-state index is 0.0900. The molecule has 2 aliphatic rings. The van der Waals surface area contributed by atoms with Crippen LogP contribution in [0.1, 0.15) is 38.7 Å². The number of fused-ring (bicyclic) bond motifs is 2. The topological polar surface area (TPSA) is 89.3 Å². The minimum Gasteiger partial charge on any atom is -0.369 e. The van der Waals surface area contributed by atoms with Crippen LogP contribution in [0.2, 0.25) is 0 Å². The van der Waals surface area contributed by atoms with Gasteiger partial charge in [0.1, 0.15) is 11.3 Å². The molecule has 0 aromatic carbocycles. The van der Waals surface area contributed by atoms with Crippen LogP contribution in [0.3, 0.4) is 0 Å². The second-order valence-electron chi connectivity index (χ2n) is 7.41. The summed E-state index contributed by atoms with van der Waals surface area (Å²) in [5.74, 6) is 0.518. The maximum Gasteiger partial charge on any atom is 0.261 e. The van der Waals surface area contributed by atoms with Gasteiger partial charge in [-0.1, -0.05) is 5.16 Å². The van der Waals surface area contributed by atoms with E-state index < -0.39 is 0 Å². The van der Waals surface area contributed by atoms with Gasteiger partial charge in [-0.25, -0.2) is 0 Å². The fraction of sp³-hybridized carbons (Fsp3) is 0.381. The molecule has 1 spiro atoms. The zero-order chi connectivity index (χ0) is 19.7. The third kappa shape index (κ3) is 3.59. The number of carbonyl (C=O) groups is 1. The smallest absolute Gasteiger partial charge is 0.261 e. The van der Waals surface area contributed by atoms with Crippen molar-refractivity contribution in [2.45, 2.75) is 31.4 Å². The molecule has 0 aliphatic carbocycles. The third-order valence-corrected chi connectivity index (χ3v) is 6.91. The molecule has 0 unspecified atom stereocenters. The highest BCUT2D eigenvalue weighted by molar-refractivity contribution is 7.14. The van der Waals surface area contributed by atoms with Gasteiger partial charge in [0.15, 0.2) is 5.76 Å². The van der Waals surface area contributed by atoms with Crippen molar-refractivity contribution >= 4 is 17.2 Å². The number of rotatable bonds is 4. The molecule has 2 aliphatic heterocycles. The largest absolute Gasteiger partial charge is 0.369 e. The summed E-state index contributed by atoms with van der Waals surface area (Å²) in [6, 6.07) is 7.63. The van der Waals surface area contributed by atoms with Gasteiger partial charge in [-0.05, 0) is 56.1 Å². The first kappa shape index (κ1) is 18.5. The second kappa shape index (κ2) is 7.70. The van der Waals surface area contributed by atoms with E-state index in [9.17, 15) is 4.79 Å². The van der Waals surface area contributed by atoms with Gasteiger partial charge < -0.3 is 19.9 Å². The number of hydrogen-bond acceptors (Lipinski definition) is 7. The van der Waals surface area contributed by atoms with Crippen LogP contribution in [0.5, 0.6) is 0 Å². The van der Waals surface area contributed by atoms with Crippen molar-refractivity contribution in [1.29, 1.82) is 0 Å². The fourth-order valence-corrected chi connectivity index (χ4v) is 5.36. The first-order valence-corrected chi connectivity index (χ1v) is 10.7. The molecule has 1 fully saturated rings. The van der Waals surface area contributed by atoms with Gasteiger partial charge in [0, 0.05) is 28.9 Å². The van der Waals surface area contributed by atoms with Crippen molar-refractivity contribution in [3.05, 3.63) is 57.7 Å². The van der Waals surface area contributed by atoms with E-state index in [2.05, 4.69) is 20.8 Å². The van der Waals surface area contributed by atoms with Crippen LogP contribution >= 0.6 is 11.3 Å². The van der Waals surface area contributed by atoms with Crippen LogP contribution in [0.25, 0.3) is 11.3 Å². The Kier molecular flexibility index (Phi) is 4.91. The normalized spacial score (nSPS) is 17.8. The molecule has 0 bridgehead atoms. The van der Waals surface area contributed by atoms with E-state index in [1.54, 1.807) is 23.7 Å². The minimum atomic E-state index is -0.217. The van der Waals surface area contributed by atoms with E-state index in [0.29, 0.717) is 18.0 Å². The zero-order valence-corrected chi connectivity index (χ0v) is 16.8. The van der Waals surface area contributed by atoms with Gasteiger partial charge in [0.05, 0.1) is 18.0 Å². The lowest BCUT2D eigenvalue weighted by molar-refractivity contribution is -0.0771. The SMILES string of the molecule is O=C(NCc1cc(-c2cccnc2)no1)c1cc2c(s1)C1(CCNCC1)OCC2. The van der Waals surface area contributed by atoms with E-state index in [0.717, 1.165) is 49.4 Å². The number of nitrogens with zero attached hydrogens (tertiary/aromatic N) is 2. The van der Waals surface area contributed by atoms with Gasteiger partial charge >= 0.3 is 0 Å². The number of nitrogens with one attached hydrogen (secondary N) is 2. The first-order valence-electron chi connectivity index (χ1n) is 9.86. The van der Waals surface area contributed by atoms with E-state index >= 15 is 0 Å². The Morgan fingerprint density at radius 1 is 1.31 bits per heavy atom. The van der Waals surface area contributed by atoms with Gasteiger partial charge in [0.25, 0.3) is 5.91 Å². The number of pyridine rings is 1. The van der Waals surface area contributed by atoms with E-state index in [1.807, 2.05) is 24.3 Å². The zero-order valence-electron chi connectivity index (χ0n) is 15.9. The lowest BCUT2D eigenvalue weighted by Gasteiger charge is -2.40. The number of ether oxygens (including phenoxy) is 1. The fourth-order valence-electron chi connectivity index (χ4n) is 4.04. The van der Waals surface area contributed by atoms with Crippen LogP contribution < -0.4 is 10.6 Å². The first-order chi connectivity index (χ1) is 14.2. The summed E-state index contributed by atoms with van der Waals surface area (Å²) in [4.78, 5) is 18.8. The van der Waals surface area contributed by atoms with Crippen LogP contribution in [-0.2, 0) is 23.3 Å². The van der Waals surface area contributed by atoms with Crippen molar-refractivity contribution in [3.8, 4) is 11.3 Å².